The lowest BCUT2D eigenvalue weighted by Crippen LogP contribution is -2.47. The number of aromatic nitrogens is 2. The zero-order valence-corrected chi connectivity index (χ0v) is 16.5. The first-order valence-electron chi connectivity index (χ1n) is 8.72. The highest BCUT2D eigenvalue weighted by Crippen LogP contribution is 2.21. The molecule has 3 heterocycles. The van der Waals surface area contributed by atoms with Gasteiger partial charge in [-0.3, -0.25) is 4.90 Å². The SMILES string of the molecule is Cl.Cl.Fc1ccc2c(CCCN3CCN(c4ccccn4)CC3)noc2c1. The molecule has 1 aliphatic heterocycles. The van der Waals surface area contributed by atoms with Crippen molar-refractivity contribution in [1.29, 1.82) is 0 Å². The summed E-state index contributed by atoms with van der Waals surface area (Å²) in [5.41, 5.74) is 1.45. The molecule has 0 atom stereocenters. The molecule has 3 aromatic rings. The molecule has 0 radical (unpaired) electrons. The Kier molecular flexibility index (Phi) is 7.83. The van der Waals surface area contributed by atoms with Crippen molar-refractivity contribution in [2.75, 3.05) is 37.6 Å². The minimum Gasteiger partial charge on any atom is -0.356 e. The van der Waals surface area contributed by atoms with Gasteiger partial charge in [0.25, 0.3) is 0 Å². The molecule has 27 heavy (non-hydrogen) atoms. The number of pyridine rings is 1. The molecule has 5 nitrogen and oxygen atoms in total. The highest BCUT2D eigenvalue weighted by atomic mass is 35.5. The maximum Gasteiger partial charge on any atom is 0.170 e. The van der Waals surface area contributed by atoms with Gasteiger partial charge in [0.05, 0.1) is 5.69 Å². The van der Waals surface area contributed by atoms with Crippen molar-refractivity contribution in [3.63, 3.8) is 0 Å². The van der Waals surface area contributed by atoms with Crippen molar-refractivity contribution in [2.45, 2.75) is 12.8 Å². The van der Waals surface area contributed by atoms with Crippen LogP contribution in [0.2, 0.25) is 0 Å². The van der Waals surface area contributed by atoms with Gasteiger partial charge in [0.2, 0.25) is 0 Å². The van der Waals surface area contributed by atoms with Gasteiger partial charge in [-0.1, -0.05) is 11.2 Å². The van der Waals surface area contributed by atoms with Crippen molar-refractivity contribution in [3.05, 3.63) is 54.1 Å². The van der Waals surface area contributed by atoms with Gasteiger partial charge in [0.1, 0.15) is 11.6 Å². The van der Waals surface area contributed by atoms with Gasteiger partial charge in [-0.05, 0) is 43.7 Å². The zero-order valence-electron chi connectivity index (χ0n) is 14.9. The summed E-state index contributed by atoms with van der Waals surface area (Å²) in [5.74, 6) is 0.768. The number of nitrogens with zero attached hydrogens (tertiary/aromatic N) is 4. The molecule has 0 saturated carbocycles. The van der Waals surface area contributed by atoms with Crippen LogP contribution in [-0.4, -0.2) is 47.8 Å². The van der Waals surface area contributed by atoms with Crippen molar-refractivity contribution >= 4 is 41.6 Å². The van der Waals surface area contributed by atoms with E-state index < -0.39 is 0 Å². The van der Waals surface area contributed by atoms with Crippen LogP contribution in [0.25, 0.3) is 11.0 Å². The smallest absolute Gasteiger partial charge is 0.170 e. The molecule has 1 aliphatic rings. The Morgan fingerprint density at radius 3 is 2.59 bits per heavy atom. The summed E-state index contributed by atoms with van der Waals surface area (Å²) in [6.07, 6.45) is 3.71. The predicted molar refractivity (Wildman–Crippen MR) is 110 cm³/mol. The van der Waals surface area contributed by atoms with Gasteiger partial charge >= 0.3 is 0 Å². The van der Waals surface area contributed by atoms with E-state index in [1.165, 1.54) is 12.1 Å². The Labute approximate surface area is 170 Å². The van der Waals surface area contributed by atoms with Crippen LogP contribution in [0.1, 0.15) is 12.1 Å². The minimum atomic E-state index is -0.291. The van der Waals surface area contributed by atoms with Gasteiger partial charge < -0.3 is 9.42 Å². The molecule has 0 spiro atoms. The lowest BCUT2D eigenvalue weighted by molar-refractivity contribution is 0.254. The van der Waals surface area contributed by atoms with Crippen LogP contribution in [0, 0.1) is 5.82 Å². The fourth-order valence-corrected chi connectivity index (χ4v) is 3.36. The van der Waals surface area contributed by atoms with E-state index in [1.807, 2.05) is 18.3 Å². The van der Waals surface area contributed by atoms with Gasteiger partial charge in [-0.2, -0.15) is 0 Å². The van der Waals surface area contributed by atoms with Gasteiger partial charge in [-0.25, -0.2) is 9.37 Å². The van der Waals surface area contributed by atoms with E-state index in [1.54, 1.807) is 6.07 Å². The van der Waals surface area contributed by atoms with Crippen LogP contribution in [0.15, 0.2) is 47.1 Å². The number of piperazine rings is 1. The summed E-state index contributed by atoms with van der Waals surface area (Å²) < 4.78 is 18.4. The second-order valence-corrected chi connectivity index (χ2v) is 6.39. The maximum atomic E-state index is 13.2. The summed E-state index contributed by atoms with van der Waals surface area (Å²) in [6, 6.07) is 10.6. The summed E-state index contributed by atoms with van der Waals surface area (Å²) in [6.45, 7) is 5.13. The topological polar surface area (TPSA) is 45.4 Å². The third-order valence-corrected chi connectivity index (χ3v) is 4.74. The number of benzene rings is 1. The number of hydrogen-bond acceptors (Lipinski definition) is 5. The molecule has 0 unspecified atom stereocenters. The Balaban J connectivity index is 0.00000131. The minimum absolute atomic E-state index is 0. The maximum absolute atomic E-state index is 13.2. The summed E-state index contributed by atoms with van der Waals surface area (Å²) in [7, 11) is 0. The predicted octanol–water partition coefficient (Wildman–Crippen LogP) is 3.96. The lowest BCUT2D eigenvalue weighted by atomic mass is 10.1. The summed E-state index contributed by atoms with van der Waals surface area (Å²) >= 11 is 0. The van der Waals surface area contributed by atoms with Crippen LogP contribution in [-0.2, 0) is 6.42 Å². The first kappa shape index (κ1) is 21.4. The third kappa shape index (κ3) is 5.09. The largest absolute Gasteiger partial charge is 0.356 e. The van der Waals surface area contributed by atoms with Crippen LogP contribution < -0.4 is 4.90 Å². The number of anilines is 1. The van der Waals surface area contributed by atoms with Crippen LogP contribution in [0.4, 0.5) is 10.2 Å². The molecular formula is C19H23Cl2FN4O. The van der Waals surface area contributed by atoms with E-state index in [4.69, 9.17) is 4.52 Å². The lowest BCUT2D eigenvalue weighted by Gasteiger charge is -2.35. The van der Waals surface area contributed by atoms with Crippen LogP contribution >= 0.6 is 24.8 Å². The normalized spacial score (nSPS) is 14.6. The molecule has 2 aromatic heterocycles. The number of aryl methyl sites for hydroxylation is 1. The van der Waals surface area contributed by atoms with E-state index >= 15 is 0 Å². The van der Waals surface area contributed by atoms with E-state index in [9.17, 15) is 4.39 Å². The van der Waals surface area contributed by atoms with Crippen molar-refractivity contribution in [3.8, 4) is 0 Å². The van der Waals surface area contributed by atoms with E-state index in [-0.39, 0.29) is 30.6 Å². The zero-order chi connectivity index (χ0) is 17.1. The molecule has 0 aliphatic carbocycles. The Morgan fingerprint density at radius 2 is 1.85 bits per heavy atom. The highest BCUT2D eigenvalue weighted by molar-refractivity contribution is 5.85. The molecular weight excluding hydrogens is 390 g/mol. The Hall–Kier alpha value is -1.89. The molecule has 4 rings (SSSR count). The van der Waals surface area contributed by atoms with Gasteiger partial charge in [-0.15, -0.1) is 24.8 Å². The average molecular weight is 413 g/mol. The average Bonchev–Trinajstić information content (AvgIpc) is 3.05. The van der Waals surface area contributed by atoms with E-state index in [0.29, 0.717) is 5.58 Å². The van der Waals surface area contributed by atoms with E-state index in [0.717, 1.165) is 62.5 Å². The highest BCUT2D eigenvalue weighted by Gasteiger charge is 2.17. The standard InChI is InChI=1S/C19H21FN4O.2ClH/c20-15-6-7-16-17(22-25-18(16)14-15)4-3-9-23-10-12-24(13-11-23)19-5-1-2-8-21-19;;/h1-2,5-8,14H,3-4,9-13H2;2*1H. The number of fused-ring (bicyclic) bond motifs is 1. The molecule has 8 heteroatoms. The van der Waals surface area contributed by atoms with Crippen LogP contribution in [0.3, 0.4) is 0 Å². The Morgan fingerprint density at radius 1 is 1.04 bits per heavy atom. The molecule has 146 valence electrons. The first-order valence-corrected chi connectivity index (χ1v) is 8.72. The number of hydrogen-bond donors (Lipinski definition) is 0. The monoisotopic (exact) mass is 412 g/mol. The first-order chi connectivity index (χ1) is 12.3. The van der Waals surface area contributed by atoms with Crippen molar-refractivity contribution < 1.29 is 8.91 Å². The van der Waals surface area contributed by atoms with Crippen molar-refractivity contribution in [2.24, 2.45) is 0 Å². The summed E-state index contributed by atoms with van der Waals surface area (Å²) in [4.78, 5) is 9.22. The summed E-state index contributed by atoms with van der Waals surface area (Å²) in [5, 5.41) is 5.01. The quantitative estimate of drug-likeness (QED) is 0.634. The fourth-order valence-electron chi connectivity index (χ4n) is 3.36. The number of halogens is 3. The molecule has 0 N–H and O–H groups in total. The molecule has 0 bridgehead atoms. The second-order valence-electron chi connectivity index (χ2n) is 6.39. The Bertz CT molecular complexity index is 838. The fraction of sp³-hybridized carbons (Fsp3) is 0.368. The molecule has 1 saturated heterocycles. The van der Waals surface area contributed by atoms with E-state index in [2.05, 4.69) is 26.0 Å². The molecule has 1 fully saturated rings. The van der Waals surface area contributed by atoms with Gasteiger partial charge in [0.15, 0.2) is 5.58 Å². The van der Waals surface area contributed by atoms with Gasteiger partial charge in [0, 0.05) is 43.8 Å². The second kappa shape index (κ2) is 9.88. The van der Waals surface area contributed by atoms with Crippen LogP contribution in [0.5, 0.6) is 0 Å². The number of rotatable bonds is 5. The molecule has 1 aromatic carbocycles. The van der Waals surface area contributed by atoms with Crippen molar-refractivity contribution in [1.82, 2.24) is 15.0 Å². The molecule has 0 amide bonds. The third-order valence-electron chi connectivity index (χ3n) is 4.74.